The summed E-state index contributed by atoms with van der Waals surface area (Å²) in [7, 11) is 0. The molecule has 1 fully saturated rings. The Morgan fingerprint density at radius 2 is 1.94 bits per heavy atom. The molecule has 0 saturated heterocycles. The minimum Gasteiger partial charge on any atom is -0.550 e. The Morgan fingerprint density at radius 3 is 2.47 bits per heavy atom. The van der Waals surface area contributed by atoms with Gasteiger partial charge in [0.1, 0.15) is 6.61 Å². The summed E-state index contributed by atoms with van der Waals surface area (Å²) in [4.78, 5) is 22.9. The number of ether oxygens (including phenoxy) is 1. The van der Waals surface area contributed by atoms with Crippen LogP contribution < -0.4 is 5.11 Å². The molecule has 0 unspecified atom stereocenters. The Kier molecular flexibility index (Phi) is 3.24. The van der Waals surface area contributed by atoms with Gasteiger partial charge in [-0.15, -0.1) is 0 Å². The minimum absolute atomic E-state index is 0.0565. The molecule has 5 heteroatoms. The van der Waals surface area contributed by atoms with Gasteiger partial charge in [-0.05, 0) is 18.3 Å². The highest BCUT2D eigenvalue weighted by Gasteiger charge is 2.49. The van der Waals surface area contributed by atoms with E-state index in [9.17, 15) is 14.7 Å². The number of hydrogen-bond donors (Lipinski definition) is 0. The molecule has 0 aliphatic heterocycles. The van der Waals surface area contributed by atoms with Crippen LogP contribution in [-0.4, -0.2) is 18.5 Å². The van der Waals surface area contributed by atoms with E-state index >= 15 is 0 Å². The van der Waals surface area contributed by atoms with Crippen LogP contribution in [0.25, 0.3) is 0 Å². The van der Waals surface area contributed by atoms with Gasteiger partial charge in [0.2, 0.25) is 0 Å². The number of rotatable bonds is 4. The first-order chi connectivity index (χ1) is 8.00. The fraction of sp³-hybridized carbons (Fsp3) is 0.500. The highest BCUT2D eigenvalue weighted by molar-refractivity contribution is 6.29. The van der Waals surface area contributed by atoms with Gasteiger partial charge in [-0.2, -0.15) is 0 Å². The molecule has 1 saturated carbocycles. The first-order valence-corrected chi connectivity index (χ1v) is 5.77. The summed E-state index contributed by atoms with van der Waals surface area (Å²) >= 11 is 5.49. The van der Waals surface area contributed by atoms with E-state index in [-0.39, 0.29) is 23.5 Å². The molecule has 0 aromatic rings. The molecule has 0 spiro atoms. The molecule has 0 amide bonds. The number of hydrogen-bond acceptors (Lipinski definition) is 4. The monoisotopic (exact) mass is 255 g/mol. The van der Waals surface area contributed by atoms with E-state index in [1.165, 1.54) is 0 Å². The van der Waals surface area contributed by atoms with Gasteiger partial charge in [-0.1, -0.05) is 30.3 Å². The largest absolute Gasteiger partial charge is 0.550 e. The molecular formula is C12H12ClO4-. The van der Waals surface area contributed by atoms with Crippen LogP contribution in [0.5, 0.6) is 0 Å². The average molecular weight is 256 g/mol. The molecule has 92 valence electrons. The summed E-state index contributed by atoms with van der Waals surface area (Å²) in [6.45, 7) is 3.32. The Balaban J connectivity index is 2.08. The van der Waals surface area contributed by atoms with E-state index in [4.69, 9.17) is 16.3 Å². The first-order valence-electron chi connectivity index (χ1n) is 5.40. The molecule has 0 aromatic heterocycles. The third-order valence-corrected chi connectivity index (χ3v) is 3.48. The second-order valence-electron chi connectivity index (χ2n) is 4.44. The SMILES string of the molecule is C=C(Cl)COC(=O)[C@H]1[C@@H](C(=O)[O-])[C@@H]2C=C[C@@H]1C2. The van der Waals surface area contributed by atoms with Gasteiger partial charge in [0.05, 0.1) is 5.92 Å². The lowest BCUT2D eigenvalue weighted by molar-refractivity contribution is -0.314. The fourth-order valence-electron chi connectivity index (χ4n) is 2.71. The minimum atomic E-state index is -1.19. The van der Waals surface area contributed by atoms with E-state index < -0.39 is 23.8 Å². The number of carboxylic acids is 1. The molecule has 4 nitrogen and oxygen atoms in total. The predicted octanol–water partition coefficient (Wildman–Crippen LogP) is 0.470. The van der Waals surface area contributed by atoms with Crippen molar-refractivity contribution in [1.82, 2.24) is 0 Å². The number of carbonyl (C=O) groups is 2. The second-order valence-corrected chi connectivity index (χ2v) is 4.98. The molecule has 0 aromatic carbocycles. The highest BCUT2D eigenvalue weighted by atomic mass is 35.5. The van der Waals surface area contributed by atoms with Crippen molar-refractivity contribution in [1.29, 1.82) is 0 Å². The Morgan fingerprint density at radius 1 is 1.35 bits per heavy atom. The predicted molar refractivity (Wildman–Crippen MR) is 58.7 cm³/mol. The van der Waals surface area contributed by atoms with Crippen molar-refractivity contribution >= 4 is 23.5 Å². The zero-order valence-corrected chi connectivity index (χ0v) is 9.85. The number of halogens is 1. The molecule has 2 rings (SSSR count). The summed E-state index contributed by atoms with van der Waals surface area (Å²) in [5, 5.41) is 11.3. The summed E-state index contributed by atoms with van der Waals surface area (Å²) in [6.07, 6.45) is 4.40. The smallest absolute Gasteiger partial charge is 0.310 e. The maximum absolute atomic E-state index is 11.8. The van der Waals surface area contributed by atoms with Gasteiger partial charge in [0.15, 0.2) is 0 Å². The van der Waals surface area contributed by atoms with E-state index in [1.807, 2.05) is 12.2 Å². The third-order valence-electron chi connectivity index (χ3n) is 3.37. The Hall–Kier alpha value is -1.29. The van der Waals surface area contributed by atoms with Crippen LogP contribution >= 0.6 is 11.6 Å². The highest BCUT2D eigenvalue weighted by Crippen LogP contribution is 2.48. The number of esters is 1. The van der Waals surface area contributed by atoms with Crippen LogP contribution in [0, 0.1) is 23.7 Å². The maximum Gasteiger partial charge on any atom is 0.310 e. The lowest BCUT2D eigenvalue weighted by atomic mass is 9.83. The van der Waals surface area contributed by atoms with Crippen LogP contribution in [0.4, 0.5) is 0 Å². The third kappa shape index (κ3) is 2.22. The molecule has 4 atom stereocenters. The summed E-state index contributed by atoms with van der Waals surface area (Å²) in [5.74, 6) is -3.31. The van der Waals surface area contributed by atoms with Gasteiger partial charge in [0, 0.05) is 16.9 Å². The van der Waals surface area contributed by atoms with Gasteiger partial charge < -0.3 is 14.6 Å². The van der Waals surface area contributed by atoms with Gasteiger partial charge >= 0.3 is 5.97 Å². The van der Waals surface area contributed by atoms with Gasteiger partial charge in [-0.25, -0.2) is 0 Å². The van der Waals surface area contributed by atoms with Crippen molar-refractivity contribution in [2.24, 2.45) is 23.7 Å². The van der Waals surface area contributed by atoms with Crippen molar-refractivity contribution in [3.05, 3.63) is 23.8 Å². The summed E-state index contributed by atoms with van der Waals surface area (Å²) in [5.41, 5.74) is 0. The van der Waals surface area contributed by atoms with E-state index in [2.05, 4.69) is 6.58 Å². The Bertz CT molecular complexity index is 401. The molecule has 0 radical (unpaired) electrons. The van der Waals surface area contributed by atoms with Crippen molar-refractivity contribution in [2.45, 2.75) is 6.42 Å². The molecular weight excluding hydrogens is 244 g/mol. The first kappa shape index (κ1) is 12.2. The van der Waals surface area contributed by atoms with Gasteiger partial charge in [-0.3, -0.25) is 4.79 Å². The zero-order valence-electron chi connectivity index (χ0n) is 9.10. The average Bonchev–Trinajstić information content (AvgIpc) is 2.84. The molecule has 17 heavy (non-hydrogen) atoms. The topological polar surface area (TPSA) is 66.4 Å². The van der Waals surface area contributed by atoms with Crippen molar-refractivity contribution < 1.29 is 19.4 Å². The van der Waals surface area contributed by atoms with Crippen LogP contribution in [0.2, 0.25) is 0 Å². The lowest BCUT2D eigenvalue weighted by Crippen LogP contribution is -2.41. The lowest BCUT2D eigenvalue weighted by Gasteiger charge is -2.26. The number of fused-ring (bicyclic) bond motifs is 2. The summed E-state index contributed by atoms with van der Waals surface area (Å²) < 4.78 is 4.92. The molecule has 2 aliphatic rings. The summed E-state index contributed by atoms with van der Waals surface area (Å²) in [6, 6.07) is 0. The van der Waals surface area contributed by atoms with E-state index in [1.54, 1.807) is 0 Å². The number of carbonyl (C=O) groups excluding carboxylic acids is 2. The van der Waals surface area contributed by atoms with Crippen LogP contribution in [0.3, 0.4) is 0 Å². The van der Waals surface area contributed by atoms with E-state index in [0.29, 0.717) is 6.42 Å². The molecule has 2 bridgehead atoms. The fourth-order valence-corrected chi connectivity index (χ4v) is 2.77. The second kappa shape index (κ2) is 4.53. The normalized spacial score (nSPS) is 33.7. The number of allylic oxidation sites excluding steroid dienone is 2. The van der Waals surface area contributed by atoms with Crippen LogP contribution in [-0.2, 0) is 14.3 Å². The van der Waals surface area contributed by atoms with Crippen LogP contribution in [0.15, 0.2) is 23.8 Å². The molecule has 0 heterocycles. The maximum atomic E-state index is 11.8. The van der Waals surface area contributed by atoms with Crippen LogP contribution in [0.1, 0.15) is 6.42 Å². The standard InChI is InChI=1S/C12H13ClO4/c1-6(13)5-17-12(16)10-8-3-2-7(4-8)9(10)11(14)15/h2-3,7-10H,1,4-5H2,(H,14,15)/p-1/t7-,8-,9+,10-/m1/s1. The quantitative estimate of drug-likeness (QED) is 0.541. The van der Waals surface area contributed by atoms with Crippen molar-refractivity contribution in [3.63, 3.8) is 0 Å². The Labute approximate surface area is 104 Å². The molecule has 2 aliphatic carbocycles. The number of aliphatic carboxylic acids is 1. The van der Waals surface area contributed by atoms with Crippen molar-refractivity contribution in [3.8, 4) is 0 Å². The number of carboxylic acid groups (broad SMARTS) is 1. The van der Waals surface area contributed by atoms with Crippen molar-refractivity contribution in [2.75, 3.05) is 6.61 Å². The molecule has 0 N–H and O–H groups in total. The zero-order chi connectivity index (χ0) is 12.6. The van der Waals surface area contributed by atoms with E-state index in [0.717, 1.165) is 0 Å². The van der Waals surface area contributed by atoms with Gasteiger partial charge in [0.25, 0.3) is 0 Å².